The Morgan fingerprint density at radius 3 is 1.85 bits per heavy atom. The highest BCUT2D eigenvalue weighted by molar-refractivity contribution is 7.85. The molecular weight excluding hydrogens is 542 g/mol. The predicted octanol–water partition coefficient (Wildman–Crippen LogP) is 7.30. The summed E-state index contributed by atoms with van der Waals surface area (Å²) in [6.45, 7) is -1.49. The first kappa shape index (κ1) is 27.9. The van der Waals surface area contributed by atoms with Crippen LogP contribution < -0.4 is 4.90 Å². The lowest BCUT2D eigenvalue weighted by Crippen LogP contribution is -2.15. The standard InChI is InChI=1S/C33H26F2N2O3S/c34-23-36(27-9-3-1-4-10-27)29-19-15-25(16-20-29)33(31-13-7-8-14-32(31)41(38,39)40)26-17-21-30(22-18-26)37(24-35)28-11-5-2-6-12-28/h1-22H,23-24H2. The van der Waals surface area contributed by atoms with Crippen molar-refractivity contribution in [3.8, 4) is 0 Å². The zero-order valence-corrected chi connectivity index (χ0v) is 22.7. The van der Waals surface area contributed by atoms with Crippen LogP contribution in [0.5, 0.6) is 0 Å². The van der Waals surface area contributed by atoms with Crippen LogP contribution in [0.3, 0.4) is 0 Å². The van der Waals surface area contributed by atoms with Gasteiger partial charge < -0.3 is 9.45 Å². The highest BCUT2D eigenvalue weighted by Gasteiger charge is 2.20. The van der Waals surface area contributed by atoms with E-state index in [-0.39, 0.29) is 10.5 Å². The zero-order valence-electron chi connectivity index (χ0n) is 21.9. The summed E-state index contributed by atoms with van der Waals surface area (Å²) >= 11 is 0. The number of allylic oxidation sites excluding steroid dienone is 5. The van der Waals surface area contributed by atoms with Gasteiger partial charge in [-0.1, -0.05) is 66.7 Å². The zero-order chi connectivity index (χ0) is 28.8. The monoisotopic (exact) mass is 568 g/mol. The summed E-state index contributed by atoms with van der Waals surface area (Å²) in [5.41, 5.74) is 4.54. The topological polar surface area (TPSA) is 63.5 Å². The average Bonchev–Trinajstić information content (AvgIpc) is 3.00. The molecule has 0 radical (unpaired) electrons. The summed E-state index contributed by atoms with van der Waals surface area (Å²) in [6.07, 6.45) is 7.00. The van der Waals surface area contributed by atoms with E-state index in [1.54, 1.807) is 85.0 Å². The minimum atomic E-state index is -4.80. The van der Waals surface area contributed by atoms with Crippen LogP contribution in [0.1, 0.15) is 11.1 Å². The van der Waals surface area contributed by atoms with E-state index in [0.717, 1.165) is 0 Å². The van der Waals surface area contributed by atoms with Crippen molar-refractivity contribution in [3.05, 3.63) is 150 Å². The summed E-state index contributed by atoms with van der Waals surface area (Å²) in [5, 5.41) is 0. The lowest BCUT2D eigenvalue weighted by atomic mass is 9.90. The quantitative estimate of drug-likeness (QED) is 0.127. The molecule has 0 saturated carbocycles. The fourth-order valence-electron chi connectivity index (χ4n) is 4.77. The number of nitrogens with zero attached hydrogens (tertiary/aromatic N) is 2. The molecule has 0 heterocycles. The van der Waals surface area contributed by atoms with E-state index in [2.05, 4.69) is 0 Å². The maximum atomic E-state index is 14.0. The summed E-state index contributed by atoms with van der Waals surface area (Å²) < 4.78 is 66.3. The first-order chi connectivity index (χ1) is 19.9. The minimum absolute atomic E-state index is 0.235. The third-order valence-corrected chi connectivity index (χ3v) is 7.63. The van der Waals surface area contributed by atoms with Crippen LogP contribution in [0.4, 0.5) is 25.8 Å². The van der Waals surface area contributed by atoms with Gasteiger partial charge in [-0.05, 0) is 59.2 Å². The molecule has 1 aliphatic carbocycles. The smallest absolute Gasteiger partial charge is 0.290 e. The molecule has 0 fully saturated rings. The number of alkyl halides is 2. The molecule has 0 spiro atoms. The molecular formula is C33H26F2N2O3S. The van der Waals surface area contributed by atoms with Gasteiger partial charge in [0.05, 0.1) is 4.90 Å². The number of anilines is 2. The highest BCUT2D eigenvalue weighted by Crippen LogP contribution is 2.35. The predicted molar refractivity (Wildman–Crippen MR) is 157 cm³/mol. The van der Waals surface area contributed by atoms with Gasteiger partial charge in [0.25, 0.3) is 6.80 Å². The summed E-state index contributed by atoms with van der Waals surface area (Å²) in [4.78, 5) is 1.15. The van der Waals surface area contributed by atoms with Gasteiger partial charge in [0.15, 0.2) is 6.80 Å². The van der Waals surface area contributed by atoms with Gasteiger partial charge in [0.2, 0.25) is 11.4 Å². The van der Waals surface area contributed by atoms with Gasteiger partial charge in [-0.3, -0.25) is 0 Å². The van der Waals surface area contributed by atoms with Crippen molar-refractivity contribution >= 4 is 38.5 Å². The lowest BCUT2D eigenvalue weighted by molar-refractivity contribution is -0.467. The van der Waals surface area contributed by atoms with Crippen molar-refractivity contribution in [2.24, 2.45) is 0 Å². The van der Waals surface area contributed by atoms with E-state index in [1.165, 1.54) is 21.6 Å². The van der Waals surface area contributed by atoms with Crippen LogP contribution in [0.15, 0.2) is 144 Å². The second-order valence-corrected chi connectivity index (χ2v) is 10.5. The second-order valence-electron chi connectivity index (χ2n) is 9.19. The molecule has 1 aliphatic rings. The Bertz CT molecular complexity index is 1750. The summed E-state index contributed by atoms with van der Waals surface area (Å²) in [5.74, 6) is 0. The molecule has 206 valence electrons. The van der Waals surface area contributed by atoms with E-state index >= 15 is 0 Å². The third kappa shape index (κ3) is 6.09. The molecule has 0 amide bonds. The van der Waals surface area contributed by atoms with Crippen molar-refractivity contribution in [2.75, 3.05) is 18.5 Å². The number of hydrogen-bond acceptors (Lipinski definition) is 4. The number of rotatable bonds is 8. The normalized spacial score (nSPS) is 12.9. The van der Waals surface area contributed by atoms with E-state index < -0.39 is 23.7 Å². The molecule has 0 aromatic heterocycles. The third-order valence-electron chi connectivity index (χ3n) is 6.74. The van der Waals surface area contributed by atoms with Crippen LogP contribution in [-0.4, -0.2) is 36.9 Å². The molecule has 5 rings (SSSR count). The van der Waals surface area contributed by atoms with Gasteiger partial charge in [0, 0.05) is 41.2 Å². The largest absolute Gasteiger partial charge is 0.744 e. The average molecular weight is 569 g/mol. The van der Waals surface area contributed by atoms with E-state index in [0.29, 0.717) is 39.5 Å². The Balaban J connectivity index is 1.64. The van der Waals surface area contributed by atoms with Gasteiger partial charge >= 0.3 is 0 Å². The molecule has 0 aliphatic heterocycles. The Hall–Kier alpha value is -4.66. The van der Waals surface area contributed by atoms with Crippen LogP contribution >= 0.6 is 0 Å². The Morgan fingerprint density at radius 2 is 1.27 bits per heavy atom. The molecule has 0 saturated heterocycles. The highest BCUT2D eigenvalue weighted by atomic mass is 32.2. The molecule has 0 atom stereocenters. The van der Waals surface area contributed by atoms with Crippen LogP contribution in [-0.2, 0) is 10.1 Å². The van der Waals surface area contributed by atoms with Crippen molar-refractivity contribution < 1.29 is 26.3 Å². The molecule has 0 N–H and O–H groups in total. The van der Waals surface area contributed by atoms with E-state index in [1.807, 2.05) is 36.4 Å². The van der Waals surface area contributed by atoms with Crippen LogP contribution in [0, 0.1) is 0 Å². The van der Waals surface area contributed by atoms with Crippen molar-refractivity contribution in [3.63, 3.8) is 0 Å². The fraction of sp³-hybridized carbons (Fsp3) is 0.0606. The Kier molecular flexibility index (Phi) is 8.33. The van der Waals surface area contributed by atoms with Crippen LogP contribution in [0.25, 0.3) is 5.57 Å². The van der Waals surface area contributed by atoms with Crippen molar-refractivity contribution in [1.82, 2.24) is 0 Å². The van der Waals surface area contributed by atoms with Crippen LogP contribution in [0.2, 0.25) is 0 Å². The van der Waals surface area contributed by atoms with Gasteiger partial charge in [-0.25, -0.2) is 12.8 Å². The number of para-hydroxylation sites is 2. The summed E-state index contributed by atoms with van der Waals surface area (Å²) in [6, 6.07) is 31.2. The minimum Gasteiger partial charge on any atom is -0.744 e. The first-order valence-corrected chi connectivity index (χ1v) is 14.2. The number of hydrogen-bond donors (Lipinski definition) is 0. The van der Waals surface area contributed by atoms with Gasteiger partial charge in [-0.15, -0.1) is 0 Å². The molecule has 8 heteroatoms. The lowest BCUT2D eigenvalue weighted by Gasteiger charge is -2.22. The van der Waals surface area contributed by atoms with Crippen molar-refractivity contribution in [1.29, 1.82) is 0 Å². The molecule has 5 nitrogen and oxygen atoms in total. The number of halogens is 2. The van der Waals surface area contributed by atoms with E-state index in [4.69, 9.17) is 0 Å². The Labute approximate surface area is 238 Å². The van der Waals surface area contributed by atoms with Gasteiger partial charge in [0.1, 0.15) is 10.1 Å². The molecule has 0 bridgehead atoms. The first-order valence-electron chi connectivity index (χ1n) is 12.8. The second kappa shape index (κ2) is 12.2. The maximum absolute atomic E-state index is 14.0. The maximum Gasteiger partial charge on any atom is 0.290 e. The van der Waals surface area contributed by atoms with Gasteiger partial charge in [-0.2, -0.15) is 8.97 Å². The molecule has 4 aromatic carbocycles. The Morgan fingerprint density at radius 1 is 0.707 bits per heavy atom. The fourth-order valence-corrected chi connectivity index (χ4v) is 5.46. The van der Waals surface area contributed by atoms with E-state index in [9.17, 15) is 21.8 Å². The molecule has 41 heavy (non-hydrogen) atoms. The molecule has 4 aromatic rings. The number of benzene rings is 4. The molecule has 0 unspecified atom stereocenters. The van der Waals surface area contributed by atoms with Crippen molar-refractivity contribution in [2.45, 2.75) is 4.90 Å². The summed E-state index contributed by atoms with van der Waals surface area (Å²) in [7, 11) is -4.80. The SMILES string of the molecule is O=S(=O)([O-])c1ccccc1C(=C1C=CC(=[N+](CF)c2ccccc2)C=C1)c1ccc(N(CF)c2ccccc2)cc1.